The van der Waals surface area contributed by atoms with Gasteiger partial charge >= 0.3 is 0 Å². The lowest BCUT2D eigenvalue weighted by atomic mass is 9.78. The van der Waals surface area contributed by atoms with Crippen LogP contribution in [0.5, 0.6) is 0 Å². The van der Waals surface area contributed by atoms with E-state index in [1.54, 1.807) is 0 Å². The molecule has 0 aromatic rings. The van der Waals surface area contributed by atoms with Crippen LogP contribution in [-0.4, -0.2) is 12.1 Å². The molecule has 2 rings (SSSR count). The highest BCUT2D eigenvalue weighted by atomic mass is 16.1. The summed E-state index contributed by atoms with van der Waals surface area (Å²) in [6.45, 7) is 0. The van der Waals surface area contributed by atoms with Gasteiger partial charge in [-0.15, -0.1) is 0 Å². The summed E-state index contributed by atoms with van der Waals surface area (Å²) in [6, 6.07) is 0. The smallest absolute Gasteiger partial charge is 0.139 e. The molecule has 0 amide bonds. The largest absolute Gasteiger partial charge is 0.303 e. The van der Waals surface area contributed by atoms with E-state index in [4.69, 9.17) is 0 Å². The Hall–Kier alpha value is -0.660. The quantitative estimate of drug-likeness (QED) is 0.668. The number of aldehydes is 1. The first-order valence-electron chi connectivity index (χ1n) is 6.30. The monoisotopic (exact) mass is 208 g/mol. The van der Waals surface area contributed by atoms with Crippen molar-refractivity contribution in [1.29, 1.82) is 0 Å². The third-order valence-corrected chi connectivity index (χ3v) is 4.19. The molecule has 0 unspecified atom stereocenters. The highest BCUT2D eigenvalue weighted by Crippen LogP contribution is 2.40. The summed E-state index contributed by atoms with van der Waals surface area (Å²) in [6.07, 6.45) is 9.79. The Kier molecular flexibility index (Phi) is 3.55. The van der Waals surface area contributed by atoms with Gasteiger partial charge in [0.15, 0.2) is 0 Å². The predicted octanol–water partition coefficient (Wildman–Crippen LogP) is 2.75. The molecular formula is C13H20O2. The first kappa shape index (κ1) is 10.8. The van der Waals surface area contributed by atoms with Crippen LogP contribution in [0.4, 0.5) is 0 Å². The second-order valence-electron chi connectivity index (χ2n) is 5.08. The summed E-state index contributed by atoms with van der Waals surface area (Å²) in [4.78, 5) is 22.5. The lowest BCUT2D eigenvalue weighted by Crippen LogP contribution is -2.24. The van der Waals surface area contributed by atoms with Gasteiger partial charge in [0.2, 0.25) is 0 Å². The van der Waals surface area contributed by atoms with E-state index in [1.807, 2.05) is 0 Å². The molecule has 0 aromatic heterocycles. The first-order valence-corrected chi connectivity index (χ1v) is 6.30. The fourth-order valence-electron chi connectivity index (χ4n) is 3.32. The molecule has 2 atom stereocenters. The molecule has 84 valence electrons. The summed E-state index contributed by atoms with van der Waals surface area (Å²) in [5.41, 5.74) is 0. The lowest BCUT2D eigenvalue weighted by molar-refractivity contribution is -0.127. The zero-order valence-corrected chi connectivity index (χ0v) is 9.28. The van der Waals surface area contributed by atoms with Crippen LogP contribution in [0.15, 0.2) is 0 Å². The van der Waals surface area contributed by atoms with Crippen molar-refractivity contribution in [3.63, 3.8) is 0 Å². The lowest BCUT2D eigenvalue weighted by Gasteiger charge is -2.26. The molecule has 0 heterocycles. The average molecular weight is 208 g/mol. The molecule has 2 fully saturated rings. The Morgan fingerprint density at radius 2 is 1.80 bits per heavy atom. The van der Waals surface area contributed by atoms with Crippen LogP contribution in [0, 0.1) is 17.8 Å². The number of hydrogen-bond acceptors (Lipinski definition) is 2. The Balaban J connectivity index is 1.93. The molecule has 2 heteroatoms. The number of hydrogen-bond donors (Lipinski definition) is 0. The van der Waals surface area contributed by atoms with Crippen molar-refractivity contribution < 1.29 is 9.59 Å². The fourth-order valence-corrected chi connectivity index (χ4v) is 3.32. The van der Waals surface area contributed by atoms with Crippen LogP contribution in [0.3, 0.4) is 0 Å². The Morgan fingerprint density at radius 1 is 1.07 bits per heavy atom. The van der Waals surface area contributed by atoms with E-state index in [-0.39, 0.29) is 5.92 Å². The van der Waals surface area contributed by atoms with Crippen molar-refractivity contribution in [3.05, 3.63) is 0 Å². The number of carbonyl (C=O) groups excluding carboxylic acids is 2. The molecule has 0 aliphatic heterocycles. The molecule has 0 spiro atoms. The average Bonchev–Trinajstić information content (AvgIpc) is 2.63. The molecule has 0 N–H and O–H groups in total. The third-order valence-electron chi connectivity index (χ3n) is 4.19. The standard InChI is InChI=1S/C13H20O2/c14-9-8-11-6-7-12(13(11)15)10-4-2-1-3-5-10/h9-12H,1-8H2/t11-,12-/m1/s1. The minimum Gasteiger partial charge on any atom is -0.303 e. The maximum atomic E-state index is 12.0. The van der Waals surface area contributed by atoms with Crippen molar-refractivity contribution in [3.8, 4) is 0 Å². The van der Waals surface area contributed by atoms with Gasteiger partial charge < -0.3 is 4.79 Å². The molecule has 0 bridgehead atoms. The van der Waals surface area contributed by atoms with E-state index in [1.165, 1.54) is 32.1 Å². The van der Waals surface area contributed by atoms with E-state index < -0.39 is 0 Å². The molecule has 0 radical (unpaired) electrons. The van der Waals surface area contributed by atoms with Crippen molar-refractivity contribution in [2.75, 3.05) is 0 Å². The number of ketones is 1. The Labute approximate surface area is 91.4 Å². The molecular weight excluding hydrogens is 188 g/mol. The van der Waals surface area contributed by atoms with Crippen LogP contribution >= 0.6 is 0 Å². The Morgan fingerprint density at radius 3 is 2.47 bits per heavy atom. The van der Waals surface area contributed by atoms with Crippen LogP contribution < -0.4 is 0 Å². The third kappa shape index (κ3) is 2.30. The van der Waals surface area contributed by atoms with E-state index >= 15 is 0 Å². The van der Waals surface area contributed by atoms with E-state index in [9.17, 15) is 9.59 Å². The topological polar surface area (TPSA) is 34.1 Å². The van der Waals surface area contributed by atoms with Gasteiger partial charge in [0.25, 0.3) is 0 Å². The Bertz CT molecular complexity index is 241. The van der Waals surface area contributed by atoms with Crippen molar-refractivity contribution in [2.24, 2.45) is 17.8 Å². The molecule has 0 aromatic carbocycles. The summed E-state index contributed by atoms with van der Waals surface area (Å²) in [5.74, 6) is 1.40. The number of rotatable bonds is 3. The summed E-state index contributed by atoms with van der Waals surface area (Å²) >= 11 is 0. The van der Waals surface area contributed by atoms with Crippen LogP contribution in [0.25, 0.3) is 0 Å². The van der Waals surface area contributed by atoms with E-state index in [0.29, 0.717) is 24.0 Å². The van der Waals surface area contributed by atoms with Gasteiger partial charge in [-0.25, -0.2) is 0 Å². The minimum atomic E-state index is 0.0643. The first-order chi connectivity index (χ1) is 7.33. The number of Topliss-reactive ketones (excluding diaryl/α,β-unsaturated/α-hetero) is 1. The van der Waals surface area contributed by atoms with Gasteiger partial charge in [-0.1, -0.05) is 19.3 Å². The van der Waals surface area contributed by atoms with Gasteiger partial charge in [-0.3, -0.25) is 4.79 Å². The normalized spacial score (nSPS) is 33.2. The van der Waals surface area contributed by atoms with Gasteiger partial charge in [0.1, 0.15) is 12.1 Å². The molecule has 2 aliphatic carbocycles. The van der Waals surface area contributed by atoms with Crippen LogP contribution in [-0.2, 0) is 9.59 Å². The summed E-state index contributed by atoms with van der Waals surface area (Å²) < 4.78 is 0. The molecule has 2 saturated carbocycles. The maximum Gasteiger partial charge on any atom is 0.139 e. The zero-order chi connectivity index (χ0) is 10.7. The fraction of sp³-hybridized carbons (Fsp3) is 0.846. The van der Waals surface area contributed by atoms with Crippen LogP contribution in [0.1, 0.15) is 51.4 Å². The summed E-state index contributed by atoms with van der Waals surface area (Å²) in [7, 11) is 0. The predicted molar refractivity (Wildman–Crippen MR) is 58.5 cm³/mol. The second kappa shape index (κ2) is 4.91. The van der Waals surface area contributed by atoms with Gasteiger partial charge in [0.05, 0.1) is 0 Å². The van der Waals surface area contributed by atoms with E-state index in [2.05, 4.69) is 0 Å². The summed E-state index contributed by atoms with van der Waals surface area (Å²) in [5, 5.41) is 0. The van der Waals surface area contributed by atoms with Crippen molar-refractivity contribution >= 4 is 12.1 Å². The van der Waals surface area contributed by atoms with Gasteiger partial charge in [-0.2, -0.15) is 0 Å². The molecule has 0 saturated heterocycles. The number of carbonyl (C=O) groups is 2. The van der Waals surface area contributed by atoms with Crippen molar-refractivity contribution in [2.45, 2.75) is 51.4 Å². The van der Waals surface area contributed by atoms with Gasteiger partial charge in [-0.05, 0) is 31.6 Å². The second-order valence-corrected chi connectivity index (χ2v) is 5.08. The van der Waals surface area contributed by atoms with E-state index in [0.717, 1.165) is 19.1 Å². The van der Waals surface area contributed by atoms with Crippen LogP contribution in [0.2, 0.25) is 0 Å². The maximum absolute atomic E-state index is 12.0. The minimum absolute atomic E-state index is 0.0643. The zero-order valence-electron chi connectivity index (χ0n) is 9.28. The highest BCUT2D eigenvalue weighted by molar-refractivity contribution is 5.87. The SMILES string of the molecule is O=CC[C@H]1CC[C@H](C2CCCCC2)C1=O. The highest BCUT2D eigenvalue weighted by Gasteiger charge is 2.38. The molecule has 2 nitrogen and oxygen atoms in total. The van der Waals surface area contributed by atoms with Crippen molar-refractivity contribution in [1.82, 2.24) is 0 Å². The van der Waals surface area contributed by atoms with Gasteiger partial charge in [0, 0.05) is 18.3 Å². The molecule has 15 heavy (non-hydrogen) atoms. The molecule has 2 aliphatic rings.